The highest BCUT2D eigenvalue weighted by Gasteiger charge is 2.17. The molecule has 0 spiro atoms. The summed E-state index contributed by atoms with van der Waals surface area (Å²) in [6, 6.07) is 7.27. The number of nitrogens with one attached hydrogen (secondary N) is 1. The molecule has 1 N–H and O–H groups in total. The molecule has 1 fully saturated rings. The highest BCUT2D eigenvalue weighted by atomic mass is 16.5. The van der Waals surface area contributed by atoms with Crippen LogP contribution in [0.25, 0.3) is 0 Å². The van der Waals surface area contributed by atoms with Crippen molar-refractivity contribution in [3.63, 3.8) is 0 Å². The molecule has 2 aromatic rings. The van der Waals surface area contributed by atoms with Gasteiger partial charge in [-0.25, -0.2) is 0 Å². The Balaban J connectivity index is 1.66. The first-order valence-electron chi connectivity index (χ1n) is 7.66. The van der Waals surface area contributed by atoms with Crippen LogP contribution in [0.4, 0.5) is 0 Å². The Hall–Kier alpha value is -2.43. The largest absolute Gasteiger partial charge is 0.456 e. The molecule has 1 amide bonds. The molecule has 2 heterocycles. The normalized spacial score (nSPS) is 15.3. The van der Waals surface area contributed by atoms with Gasteiger partial charge >= 0.3 is 0 Å². The van der Waals surface area contributed by atoms with E-state index in [0.717, 1.165) is 12.8 Å². The van der Waals surface area contributed by atoms with Crippen molar-refractivity contribution in [2.75, 3.05) is 0 Å². The summed E-state index contributed by atoms with van der Waals surface area (Å²) in [5, 5.41) is 3.06. The Kier molecular flexibility index (Phi) is 4.63. The van der Waals surface area contributed by atoms with E-state index < -0.39 is 0 Å². The number of rotatable bonds is 4. The molecule has 0 aliphatic heterocycles. The second-order valence-corrected chi connectivity index (χ2v) is 5.48. The molecule has 1 saturated carbocycles. The SMILES string of the molecule is O=C(NC1CCCCC1)c1cc(Oc2cccnc2)ccn1. The summed E-state index contributed by atoms with van der Waals surface area (Å²) >= 11 is 0. The van der Waals surface area contributed by atoms with Crippen molar-refractivity contribution < 1.29 is 9.53 Å². The summed E-state index contributed by atoms with van der Waals surface area (Å²) in [5.74, 6) is 1.08. The minimum atomic E-state index is -0.136. The number of carbonyl (C=O) groups is 1. The van der Waals surface area contributed by atoms with Gasteiger partial charge in [-0.2, -0.15) is 0 Å². The van der Waals surface area contributed by atoms with Crippen LogP contribution in [-0.2, 0) is 0 Å². The Morgan fingerprint density at radius 3 is 2.77 bits per heavy atom. The average molecular weight is 297 g/mol. The number of hydrogen-bond donors (Lipinski definition) is 1. The van der Waals surface area contributed by atoms with Crippen molar-refractivity contribution in [1.82, 2.24) is 15.3 Å². The van der Waals surface area contributed by atoms with Gasteiger partial charge in [0.1, 0.15) is 17.2 Å². The molecule has 5 heteroatoms. The Morgan fingerprint density at radius 2 is 2.00 bits per heavy atom. The minimum Gasteiger partial charge on any atom is -0.456 e. The molecule has 0 radical (unpaired) electrons. The van der Waals surface area contributed by atoms with E-state index in [1.165, 1.54) is 19.3 Å². The van der Waals surface area contributed by atoms with Crippen molar-refractivity contribution >= 4 is 5.91 Å². The average Bonchev–Trinajstić information content (AvgIpc) is 2.57. The lowest BCUT2D eigenvalue weighted by molar-refractivity contribution is 0.0922. The number of amides is 1. The van der Waals surface area contributed by atoms with Gasteiger partial charge in [0.15, 0.2) is 0 Å². The van der Waals surface area contributed by atoms with Crippen molar-refractivity contribution in [3.8, 4) is 11.5 Å². The number of ether oxygens (including phenoxy) is 1. The van der Waals surface area contributed by atoms with E-state index in [2.05, 4.69) is 15.3 Å². The van der Waals surface area contributed by atoms with Crippen molar-refractivity contribution in [2.45, 2.75) is 38.1 Å². The summed E-state index contributed by atoms with van der Waals surface area (Å²) in [5.41, 5.74) is 0.381. The highest BCUT2D eigenvalue weighted by molar-refractivity contribution is 5.92. The number of aromatic nitrogens is 2. The van der Waals surface area contributed by atoms with Crippen LogP contribution in [0.2, 0.25) is 0 Å². The zero-order valence-electron chi connectivity index (χ0n) is 12.4. The first-order chi connectivity index (χ1) is 10.8. The van der Waals surface area contributed by atoms with Gasteiger partial charge in [-0.1, -0.05) is 19.3 Å². The lowest BCUT2D eigenvalue weighted by Gasteiger charge is -2.22. The van der Waals surface area contributed by atoms with Gasteiger partial charge in [-0.15, -0.1) is 0 Å². The smallest absolute Gasteiger partial charge is 0.270 e. The van der Waals surface area contributed by atoms with E-state index in [0.29, 0.717) is 17.2 Å². The first-order valence-corrected chi connectivity index (χ1v) is 7.66. The zero-order valence-corrected chi connectivity index (χ0v) is 12.4. The summed E-state index contributed by atoms with van der Waals surface area (Å²) in [6.45, 7) is 0. The lowest BCUT2D eigenvalue weighted by Crippen LogP contribution is -2.36. The molecule has 22 heavy (non-hydrogen) atoms. The summed E-state index contributed by atoms with van der Waals surface area (Å²) < 4.78 is 5.68. The molecule has 0 atom stereocenters. The fourth-order valence-electron chi connectivity index (χ4n) is 2.65. The number of carbonyl (C=O) groups excluding carboxylic acids is 1. The van der Waals surface area contributed by atoms with Crippen LogP contribution in [0.3, 0.4) is 0 Å². The van der Waals surface area contributed by atoms with E-state index in [9.17, 15) is 4.79 Å². The van der Waals surface area contributed by atoms with Gasteiger partial charge in [-0.3, -0.25) is 14.8 Å². The maximum absolute atomic E-state index is 12.3. The predicted octanol–water partition coefficient (Wildman–Crippen LogP) is 3.33. The van der Waals surface area contributed by atoms with E-state index in [1.54, 1.807) is 36.8 Å². The predicted molar refractivity (Wildman–Crippen MR) is 82.9 cm³/mol. The van der Waals surface area contributed by atoms with Crippen LogP contribution in [0.1, 0.15) is 42.6 Å². The third-order valence-electron chi connectivity index (χ3n) is 3.77. The van der Waals surface area contributed by atoms with Crippen LogP contribution in [0.5, 0.6) is 11.5 Å². The van der Waals surface area contributed by atoms with Crippen LogP contribution >= 0.6 is 0 Å². The van der Waals surface area contributed by atoms with E-state index >= 15 is 0 Å². The van der Waals surface area contributed by atoms with Crippen LogP contribution in [-0.4, -0.2) is 21.9 Å². The third kappa shape index (κ3) is 3.81. The third-order valence-corrected chi connectivity index (χ3v) is 3.77. The molecule has 1 aliphatic carbocycles. The van der Waals surface area contributed by atoms with Crippen LogP contribution < -0.4 is 10.1 Å². The summed E-state index contributed by atoms with van der Waals surface area (Å²) in [6.07, 6.45) is 10.6. The molecule has 3 rings (SSSR count). The first kappa shape index (κ1) is 14.5. The number of nitrogens with zero attached hydrogens (tertiary/aromatic N) is 2. The molecule has 114 valence electrons. The van der Waals surface area contributed by atoms with Gasteiger partial charge in [0.05, 0.1) is 6.20 Å². The van der Waals surface area contributed by atoms with E-state index in [-0.39, 0.29) is 11.9 Å². The molecule has 1 aliphatic rings. The summed E-state index contributed by atoms with van der Waals surface area (Å²) in [7, 11) is 0. The van der Waals surface area contributed by atoms with Gasteiger partial charge < -0.3 is 10.1 Å². The maximum atomic E-state index is 12.3. The van der Waals surface area contributed by atoms with Crippen molar-refractivity contribution in [3.05, 3.63) is 48.5 Å². The Morgan fingerprint density at radius 1 is 1.14 bits per heavy atom. The minimum absolute atomic E-state index is 0.136. The molecule has 0 aromatic carbocycles. The molecular formula is C17H19N3O2. The molecule has 0 unspecified atom stereocenters. The van der Waals surface area contributed by atoms with E-state index in [1.807, 2.05) is 6.07 Å². The molecule has 2 aromatic heterocycles. The van der Waals surface area contributed by atoms with Crippen molar-refractivity contribution in [2.24, 2.45) is 0 Å². The second kappa shape index (κ2) is 7.02. The Bertz CT molecular complexity index is 625. The molecule has 5 nitrogen and oxygen atoms in total. The quantitative estimate of drug-likeness (QED) is 0.940. The van der Waals surface area contributed by atoms with Crippen LogP contribution in [0, 0.1) is 0 Å². The molecular weight excluding hydrogens is 278 g/mol. The second-order valence-electron chi connectivity index (χ2n) is 5.48. The standard InChI is InChI=1S/C17H19N3O2/c21-17(20-13-5-2-1-3-6-13)16-11-14(8-10-19-16)22-15-7-4-9-18-12-15/h4,7-13H,1-3,5-6H2,(H,20,21). The molecule has 0 bridgehead atoms. The van der Waals surface area contributed by atoms with Crippen LogP contribution in [0.15, 0.2) is 42.9 Å². The van der Waals surface area contributed by atoms with Gasteiger partial charge in [0, 0.05) is 24.5 Å². The van der Waals surface area contributed by atoms with Gasteiger partial charge in [0.25, 0.3) is 5.91 Å². The number of hydrogen-bond acceptors (Lipinski definition) is 4. The Labute approximate surface area is 129 Å². The maximum Gasteiger partial charge on any atom is 0.270 e. The fourth-order valence-corrected chi connectivity index (χ4v) is 2.65. The van der Waals surface area contributed by atoms with Gasteiger partial charge in [-0.05, 0) is 31.0 Å². The molecule has 0 saturated heterocycles. The highest BCUT2D eigenvalue weighted by Crippen LogP contribution is 2.21. The monoisotopic (exact) mass is 297 g/mol. The number of pyridine rings is 2. The van der Waals surface area contributed by atoms with E-state index in [4.69, 9.17) is 4.74 Å². The topological polar surface area (TPSA) is 64.1 Å². The van der Waals surface area contributed by atoms with Crippen molar-refractivity contribution in [1.29, 1.82) is 0 Å². The van der Waals surface area contributed by atoms with Gasteiger partial charge in [0.2, 0.25) is 0 Å². The zero-order chi connectivity index (χ0) is 15.2. The summed E-state index contributed by atoms with van der Waals surface area (Å²) in [4.78, 5) is 20.4. The fraction of sp³-hybridized carbons (Fsp3) is 0.353. The lowest BCUT2D eigenvalue weighted by atomic mass is 9.95.